The third kappa shape index (κ3) is 3.99. The first-order chi connectivity index (χ1) is 7.81. The number of carbonyl (C=O) groups is 1. The molecule has 0 atom stereocenters. The highest BCUT2D eigenvalue weighted by Crippen LogP contribution is 2.34. The van der Waals surface area contributed by atoms with Crippen molar-refractivity contribution in [3.8, 4) is 0 Å². The van der Waals surface area contributed by atoms with Crippen molar-refractivity contribution in [2.45, 2.75) is 52.4 Å². The molecule has 2 nitrogen and oxygen atoms in total. The van der Waals surface area contributed by atoms with E-state index in [9.17, 15) is 4.79 Å². The molecule has 1 saturated carbocycles. The van der Waals surface area contributed by atoms with E-state index in [4.69, 9.17) is 4.74 Å². The molecule has 0 saturated heterocycles. The number of aldehydes is 1. The van der Waals surface area contributed by atoms with Gasteiger partial charge in [0.2, 0.25) is 0 Å². The summed E-state index contributed by atoms with van der Waals surface area (Å²) in [5, 5.41) is 0. The van der Waals surface area contributed by atoms with Gasteiger partial charge in [0.1, 0.15) is 6.29 Å². The van der Waals surface area contributed by atoms with Gasteiger partial charge in [-0.15, -0.1) is 0 Å². The number of hydrogen-bond acceptors (Lipinski definition) is 2. The molecule has 0 aromatic heterocycles. The highest BCUT2D eigenvalue weighted by molar-refractivity contribution is 5.73. The third-order valence-corrected chi connectivity index (χ3v) is 3.54. The Bertz CT molecular complexity index is 225. The average Bonchev–Trinajstić information content (AvgIpc) is 2.32. The van der Waals surface area contributed by atoms with Gasteiger partial charge < -0.3 is 4.74 Å². The van der Waals surface area contributed by atoms with Gasteiger partial charge in [0, 0.05) is 5.57 Å². The zero-order chi connectivity index (χ0) is 11.8. The molecule has 0 N–H and O–H groups in total. The maximum atomic E-state index is 11.0. The molecule has 0 aromatic rings. The fourth-order valence-corrected chi connectivity index (χ4v) is 2.59. The van der Waals surface area contributed by atoms with E-state index in [-0.39, 0.29) is 0 Å². The Morgan fingerprint density at radius 2 is 1.94 bits per heavy atom. The smallest absolute Gasteiger partial charge is 0.149 e. The molecule has 0 amide bonds. The minimum atomic E-state index is 0.442. The van der Waals surface area contributed by atoms with Gasteiger partial charge in [0.05, 0.1) is 12.9 Å². The van der Waals surface area contributed by atoms with E-state index in [1.165, 1.54) is 25.7 Å². The van der Waals surface area contributed by atoms with Gasteiger partial charge in [-0.2, -0.15) is 0 Å². The molecule has 1 aliphatic carbocycles. The van der Waals surface area contributed by atoms with Crippen LogP contribution in [-0.4, -0.2) is 12.9 Å². The summed E-state index contributed by atoms with van der Waals surface area (Å²) in [4.78, 5) is 11.0. The molecule has 0 spiro atoms. The van der Waals surface area contributed by atoms with Gasteiger partial charge in [-0.25, -0.2) is 0 Å². The van der Waals surface area contributed by atoms with Crippen LogP contribution in [0.3, 0.4) is 0 Å². The first kappa shape index (κ1) is 13.3. The molecule has 2 heteroatoms. The van der Waals surface area contributed by atoms with Crippen LogP contribution in [0.4, 0.5) is 0 Å². The summed E-state index contributed by atoms with van der Waals surface area (Å²) in [6, 6.07) is 0. The first-order valence-electron chi connectivity index (χ1n) is 6.58. The summed E-state index contributed by atoms with van der Waals surface area (Å²) in [7, 11) is 0. The monoisotopic (exact) mass is 224 g/mol. The molecule has 1 rings (SSSR count). The zero-order valence-corrected chi connectivity index (χ0v) is 10.6. The normalized spacial score (nSPS) is 26.5. The van der Waals surface area contributed by atoms with Crippen molar-refractivity contribution in [1.29, 1.82) is 0 Å². The van der Waals surface area contributed by atoms with Crippen molar-refractivity contribution < 1.29 is 9.53 Å². The van der Waals surface area contributed by atoms with Crippen LogP contribution in [0.2, 0.25) is 0 Å². The number of hydrogen-bond donors (Lipinski definition) is 0. The quantitative estimate of drug-likeness (QED) is 0.390. The van der Waals surface area contributed by atoms with Gasteiger partial charge in [-0.1, -0.05) is 19.8 Å². The lowest BCUT2D eigenvalue weighted by molar-refractivity contribution is -0.105. The minimum absolute atomic E-state index is 0.442. The summed E-state index contributed by atoms with van der Waals surface area (Å²) in [5.41, 5.74) is 0.858. The predicted octanol–water partition coefficient (Wildman–Crippen LogP) is 3.71. The number of ether oxygens (including phenoxy) is 1. The summed E-state index contributed by atoms with van der Waals surface area (Å²) < 4.78 is 5.22. The molecule has 0 heterocycles. The molecular formula is C14H24O2. The maximum absolute atomic E-state index is 11.0. The van der Waals surface area contributed by atoms with Crippen molar-refractivity contribution in [3.63, 3.8) is 0 Å². The van der Waals surface area contributed by atoms with Crippen LogP contribution in [0.15, 0.2) is 11.8 Å². The number of allylic oxidation sites excluding steroid dienone is 1. The lowest BCUT2D eigenvalue weighted by Gasteiger charge is -2.28. The molecule has 0 aliphatic heterocycles. The summed E-state index contributed by atoms with van der Waals surface area (Å²) in [5.74, 6) is 1.33. The second-order valence-electron chi connectivity index (χ2n) is 4.70. The largest absolute Gasteiger partial charge is 0.501 e. The van der Waals surface area contributed by atoms with Crippen molar-refractivity contribution in [2.75, 3.05) is 6.61 Å². The SMILES string of the molecule is CCC[C@H]1CC[C@H](/C(C=O)=C\OCC)CC1. The molecular weight excluding hydrogens is 200 g/mol. The van der Waals surface area contributed by atoms with Gasteiger partial charge >= 0.3 is 0 Å². The second-order valence-corrected chi connectivity index (χ2v) is 4.70. The van der Waals surface area contributed by atoms with E-state index in [2.05, 4.69) is 6.92 Å². The van der Waals surface area contributed by atoms with E-state index >= 15 is 0 Å². The Morgan fingerprint density at radius 1 is 1.25 bits per heavy atom. The topological polar surface area (TPSA) is 26.3 Å². The molecule has 16 heavy (non-hydrogen) atoms. The lowest BCUT2D eigenvalue weighted by atomic mass is 9.77. The number of carbonyl (C=O) groups excluding carboxylic acids is 1. The van der Waals surface area contributed by atoms with Crippen LogP contribution in [0.1, 0.15) is 52.4 Å². The number of rotatable bonds is 6. The van der Waals surface area contributed by atoms with Crippen LogP contribution in [-0.2, 0) is 9.53 Å². The van der Waals surface area contributed by atoms with E-state index in [1.807, 2.05) is 6.92 Å². The molecule has 0 aromatic carbocycles. The first-order valence-corrected chi connectivity index (χ1v) is 6.58. The van der Waals surface area contributed by atoms with E-state index in [0.29, 0.717) is 12.5 Å². The van der Waals surface area contributed by atoms with Crippen LogP contribution in [0.25, 0.3) is 0 Å². The standard InChI is InChI=1S/C14H24O2/c1-3-5-12-6-8-13(9-7-12)14(10-15)11-16-4-2/h10-13H,3-9H2,1-2H3/b14-11-/t12-,13-. The minimum Gasteiger partial charge on any atom is -0.501 e. The summed E-state index contributed by atoms with van der Waals surface area (Å²) in [6.45, 7) is 4.83. The van der Waals surface area contributed by atoms with Crippen LogP contribution >= 0.6 is 0 Å². The van der Waals surface area contributed by atoms with Crippen molar-refractivity contribution in [1.82, 2.24) is 0 Å². The summed E-state index contributed by atoms with van der Waals surface area (Å²) in [6.07, 6.45) is 10.1. The second kappa shape index (κ2) is 7.48. The molecule has 0 radical (unpaired) electrons. The molecule has 1 fully saturated rings. The van der Waals surface area contributed by atoms with Gasteiger partial charge in [0.25, 0.3) is 0 Å². The Labute approximate surface area is 99.1 Å². The van der Waals surface area contributed by atoms with Gasteiger partial charge in [-0.3, -0.25) is 4.79 Å². The molecule has 1 aliphatic rings. The fraction of sp³-hybridized carbons (Fsp3) is 0.786. The average molecular weight is 224 g/mol. The van der Waals surface area contributed by atoms with E-state index in [1.54, 1.807) is 6.26 Å². The van der Waals surface area contributed by atoms with E-state index in [0.717, 1.165) is 30.6 Å². The third-order valence-electron chi connectivity index (χ3n) is 3.54. The predicted molar refractivity (Wildman–Crippen MR) is 66.1 cm³/mol. The lowest BCUT2D eigenvalue weighted by Crippen LogP contribution is -2.17. The highest BCUT2D eigenvalue weighted by Gasteiger charge is 2.23. The summed E-state index contributed by atoms with van der Waals surface area (Å²) >= 11 is 0. The van der Waals surface area contributed by atoms with Gasteiger partial charge in [-0.05, 0) is 44.4 Å². The van der Waals surface area contributed by atoms with Gasteiger partial charge in [0.15, 0.2) is 0 Å². The Balaban J connectivity index is 2.41. The van der Waals surface area contributed by atoms with Crippen molar-refractivity contribution in [3.05, 3.63) is 11.8 Å². The zero-order valence-electron chi connectivity index (χ0n) is 10.6. The van der Waals surface area contributed by atoms with E-state index < -0.39 is 0 Å². The molecule has 0 bridgehead atoms. The Hall–Kier alpha value is -0.790. The Kier molecular flexibility index (Phi) is 6.20. The van der Waals surface area contributed by atoms with Crippen LogP contribution in [0, 0.1) is 11.8 Å². The molecule has 92 valence electrons. The fourth-order valence-electron chi connectivity index (χ4n) is 2.59. The molecule has 0 unspecified atom stereocenters. The van der Waals surface area contributed by atoms with Crippen molar-refractivity contribution in [2.24, 2.45) is 11.8 Å². The van der Waals surface area contributed by atoms with Crippen molar-refractivity contribution >= 4 is 6.29 Å². The maximum Gasteiger partial charge on any atom is 0.149 e. The van der Waals surface area contributed by atoms with Crippen LogP contribution < -0.4 is 0 Å². The highest BCUT2D eigenvalue weighted by atomic mass is 16.5. The Morgan fingerprint density at radius 3 is 2.44 bits per heavy atom. The van der Waals surface area contributed by atoms with Crippen LogP contribution in [0.5, 0.6) is 0 Å².